The fourth-order valence-electron chi connectivity index (χ4n) is 3.01. The summed E-state index contributed by atoms with van der Waals surface area (Å²) in [6, 6.07) is 12.6. The van der Waals surface area contributed by atoms with E-state index in [1.165, 1.54) is 11.1 Å². The molecule has 114 valence electrons. The molecule has 0 fully saturated rings. The van der Waals surface area contributed by atoms with Crippen LogP contribution in [0, 0.1) is 0 Å². The van der Waals surface area contributed by atoms with Gasteiger partial charge in [0.15, 0.2) is 5.78 Å². The van der Waals surface area contributed by atoms with Crippen LogP contribution in [-0.2, 0) is 10.8 Å². The van der Waals surface area contributed by atoms with Gasteiger partial charge in [0.2, 0.25) is 0 Å². The first kappa shape index (κ1) is 15.0. The molecule has 0 aromatic heterocycles. The van der Waals surface area contributed by atoms with E-state index < -0.39 is 0 Å². The second-order valence-corrected chi connectivity index (χ2v) is 8.35. The molecule has 0 amide bonds. The summed E-state index contributed by atoms with van der Waals surface area (Å²) in [5.41, 5.74) is 6.59. The number of ketones is 1. The van der Waals surface area contributed by atoms with Crippen LogP contribution in [0.1, 0.15) is 68.6 Å². The molecule has 0 aliphatic heterocycles. The molecule has 0 bridgehead atoms. The summed E-state index contributed by atoms with van der Waals surface area (Å²) in [6.45, 7) is 13.2. The van der Waals surface area contributed by atoms with Gasteiger partial charge in [-0.25, -0.2) is 0 Å². The average molecular weight is 292 g/mol. The number of hydrogen-bond acceptors (Lipinski definition) is 1. The normalized spacial score (nSPS) is 14.0. The molecule has 2 aromatic rings. The van der Waals surface area contributed by atoms with Crippen molar-refractivity contribution in [3.8, 4) is 11.1 Å². The Bertz CT molecular complexity index is 702. The first-order valence-corrected chi connectivity index (χ1v) is 7.93. The third-order valence-electron chi connectivity index (χ3n) is 4.55. The van der Waals surface area contributed by atoms with Gasteiger partial charge in [0, 0.05) is 11.1 Å². The molecule has 0 N–H and O–H groups in total. The molecule has 0 unspecified atom stereocenters. The average Bonchev–Trinajstić information content (AvgIpc) is 2.70. The Balaban J connectivity index is 2.23. The van der Waals surface area contributed by atoms with Crippen molar-refractivity contribution < 1.29 is 4.79 Å². The lowest BCUT2D eigenvalue weighted by molar-refractivity contribution is 0.104. The Morgan fingerprint density at radius 2 is 0.955 bits per heavy atom. The molecular formula is C21H24O. The summed E-state index contributed by atoms with van der Waals surface area (Å²) < 4.78 is 0. The summed E-state index contributed by atoms with van der Waals surface area (Å²) in [4.78, 5) is 12.6. The molecule has 1 aliphatic rings. The highest BCUT2D eigenvalue weighted by Gasteiger charge is 2.29. The van der Waals surface area contributed by atoms with Crippen LogP contribution < -0.4 is 0 Å². The number of carbonyl (C=O) groups excluding carboxylic acids is 1. The standard InChI is InChI=1S/C21H24O/c1-20(2,3)13-7-9-15-17(11-13)18-12-14(21(4,5)6)8-10-16(18)19(15)22/h7-12H,1-6H3. The molecule has 0 saturated heterocycles. The highest BCUT2D eigenvalue weighted by atomic mass is 16.1. The predicted octanol–water partition coefficient (Wildman–Crippen LogP) is 5.49. The van der Waals surface area contributed by atoms with Crippen LogP contribution in [0.4, 0.5) is 0 Å². The first-order chi connectivity index (χ1) is 10.1. The van der Waals surface area contributed by atoms with Crippen molar-refractivity contribution in [3.63, 3.8) is 0 Å². The van der Waals surface area contributed by atoms with Crippen molar-refractivity contribution in [1.82, 2.24) is 0 Å². The van der Waals surface area contributed by atoms with Gasteiger partial charge < -0.3 is 0 Å². The first-order valence-electron chi connectivity index (χ1n) is 7.93. The Morgan fingerprint density at radius 1 is 0.591 bits per heavy atom. The maximum atomic E-state index is 12.6. The Morgan fingerprint density at radius 3 is 1.27 bits per heavy atom. The molecule has 1 aliphatic carbocycles. The summed E-state index contributed by atoms with van der Waals surface area (Å²) in [5, 5.41) is 0. The summed E-state index contributed by atoms with van der Waals surface area (Å²) in [7, 11) is 0. The molecule has 0 spiro atoms. The molecule has 1 heteroatoms. The largest absolute Gasteiger partial charge is 0.289 e. The van der Waals surface area contributed by atoms with E-state index in [1.807, 2.05) is 12.1 Å². The predicted molar refractivity (Wildman–Crippen MR) is 92.7 cm³/mol. The van der Waals surface area contributed by atoms with Crippen molar-refractivity contribution in [2.24, 2.45) is 0 Å². The maximum Gasteiger partial charge on any atom is 0.194 e. The molecule has 1 nitrogen and oxygen atoms in total. The van der Waals surface area contributed by atoms with Crippen LogP contribution in [0.3, 0.4) is 0 Å². The molecule has 0 heterocycles. The number of rotatable bonds is 0. The SMILES string of the molecule is CC(C)(C)c1ccc2c(c1)-c1cc(C(C)(C)C)ccc1C2=O. The lowest BCUT2D eigenvalue weighted by Gasteiger charge is -2.21. The minimum Gasteiger partial charge on any atom is -0.289 e. The number of fused-ring (bicyclic) bond motifs is 3. The van der Waals surface area contributed by atoms with E-state index in [9.17, 15) is 4.79 Å². The Kier molecular flexibility index (Phi) is 3.11. The van der Waals surface area contributed by atoms with Gasteiger partial charge in [0.05, 0.1) is 0 Å². The zero-order valence-corrected chi connectivity index (χ0v) is 14.4. The van der Waals surface area contributed by atoms with Gasteiger partial charge in [-0.05, 0) is 45.2 Å². The van der Waals surface area contributed by atoms with Gasteiger partial charge in [-0.3, -0.25) is 4.79 Å². The summed E-state index contributed by atoms with van der Waals surface area (Å²) in [5.74, 6) is 0.158. The molecule has 0 saturated carbocycles. The van der Waals surface area contributed by atoms with E-state index in [0.29, 0.717) is 0 Å². The van der Waals surface area contributed by atoms with Crippen molar-refractivity contribution in [2.75, 3.05) is 0 Å². The zero-order chi connectivity index (χ0) is 16.3. The second-order valence-electron chi connectivity index (χ2n) is 8.35. The van der Waals surface area contributed by atoms with E-state index in [-0.39, 0.29) is 16.6 Å². The van der Waals surface area contributed by atoms with E-state index in [2.05, 4.69) is 65.8 Å². The topological polar surface area (TPSA) is 17.1 Å². The smallest absolute Gasteiger partial charge is 0.194 e. The number of hydrogen-bond donors (Lipinski definition) is 0. The van der Waals surface area contributed by atoms with E-state index in [0.717, 1.165) is 22.3 Å². The van der Waals surface area contributed by atoms with Crippen molar-refractivity contribution >= 4 is 5.78 Å². The van der Waals surface area contributed by atoms with Crippen LogP contribution in [0.5, 0.6) is 0 Å². The van der Waals surface area contributed by atoms with Crippen LogP contribution in [0.25, 0.3) is 11.1 Å². The third kappa shape index (κ3) is 2.29. The van der Waals surface area contributed by atoms with Crippen LogP contribution in [0.15, 0.2) is 36.4 Å². The third-order valence-corrected chi connectivity index (χ3v) is 4.55. The molecule has 3 rings (SSSR count). The Hall–Kier alpha value is -1.89. The number of benzene rings is 2. The van der Waals surface area contributed by atoms with Crippen molar-refractivity contribution in [3.05, 3.63) is 58.7 Å². The van der Waals surface area contributed by atoms with Crippen molar-refractivity contribution in [2.45, 2.75) is 52.4 Å². The maximum absolute atomic E-state index is 12.6. The Labute approximate surface area is 133 Å². The van der Waals surface area contributed by atoms with Gasteiger partial charge in [-0.15, -0.1) is 0 Å². The van der Waals surface area contributed by atoms with E-state index in [1.54, 1.807) is 0 Å². The lowest BCUT2D eigenvalue weighted by atomic mass is 9.83. The number of carbonyl (C=O) groups is 1. The van der Waals surface area contributed by atoms with Crippen LogP contribution in [0.2, 0.25) is 0 Å². The summed E-state index contributed by atoms with van der Waals surface area (Å²) >= 11 is 0. The molecule has 2 aromatic carbocycles. The summed E-state index contributed by atoms with van der Waals surface area (Å²) in [6.07, 6.45) is 0. The van der Waals surface area contributed by atoms with E-state index >= 15 is 0 Å². The highest BCUT2D eigenvalue weighted by molar-refractivity contribution is 6.21. The zero-order valence-electron chi connectivity index (χ0n) is 14.4. The minimum atomic E-state index is 0.0858. The lowest BCUT2D eigenvalue weighted by Crippen LogP contribution is -2.11. The van der Waals surface area contributed by atoms with Crippen molar-refractivity contribution in [1.29, 1.82) is 0 Å². The second kappa shape index (κ2) is 4.55. The van der Waals surface area contributed by atoms with Crippen LogP contribution in [-0.4, -0.2) is 5.78 Å². The fourth-order valence-corrected chi connectivity index (χ4v) is 3.01. The van der Waals surface area contributed by atoms with E-state index in [4.69, 9.17) is 0 Å². The molecule has 0 radical (unpaired) electrons. The van der Waals surface area contributed by atoms with Gasteiger partial charge in [-0.1, -0.05) is 65.8 Å². The quantitative estimate of drug-likeness (QED) is 0.535. The molecule has 0 atom stereocenters. The van der Waals surface area contributed by atoms with Gasteiger partial charge in [0.25, 0.3) is 0 Å². The van der Waals surface area contributed by atoms with Gasteiger partial charge in [0.1, 0.15) is 0 Å². The fraction of sp³-hybridized carbons (Fsp3) is 0.381. The minimum absolute atomic E-state index is 0.0858. The van der Waals surface area contributed by atoms with Gasteiger partial charge >= 0.3 is 0 Å². The van der Waals surface area contributed by atoms with Gasteiger partial charge in [-0.2, -0.15) is 0 Å². The van der Waals surface area contributed by atoms with Crippen LogP contribution >= 0.6 is 0 Å². The monoisotopic (exact) mass is 292 g/mol. The highest BCUT2D eigenvalue weighted by Crippen LogP contribution is 2.40. The molecular weight excluding hydrogens is 268 g/mol. The molecule has 22 heavy (non-hydrogen) atoms.